The van der Waals surface area contributed by atoms with E-state index in [1.165, 1.54) is 0 Å². The third-order valence-corrected chi connectivity index (χ3v) is 5.54. The van der Waals surface area contributed by atoms with Gasteiger partial charge in [-0.2, -0.15) is 0 Å². The molecule has 0 aliphatic carbocycles. The van der Waals surface area contributed by atoms with Gasteiger partial charge in [-0.25, -0.2) is 4.98 Å². The number of aliphatic hydroxyl groups is 1. The maximum Gasteiger partial charge on any atom is 0.258 e. The molecule has 2 heterocycles. The highest BCUT2D eigenvalue weighted by Gasteiger charge is 2.17. The number of nitrogens with one attached hydrogen (secondary N) is 2. The molecule has 0 saturated heterocycles. The summed E-state index contributed by atoms with van der Waals surface area (Å²) in [6.45, 7) is 1.83. The molecule has 0 bridgehead atoms. The number of halogens is 2. The first-order valence-corrected chi connectivity index (χ1v) is 9.68. The molecule has 0 aliphatic rings. The smallest absolute Gasteiger partial charge is 0.258 e. The van der Waals surface area contributed by atoms with Crippen LogP contribution >= 0.6 is 23.2 Å². The van der Waals surface area contributed by atoms with Crippen LogP contribution < -0.4 is 10.9 Å². The first kappa shape index (κ1) is 19.5. The number of para-hydroxylation sites is 1. The number of aliphatic hydroxyl groups excluding tert-OH is 1. The molecule has 6 nitrogen and oxygen atoms in total. The van der Waals surface area contributed by atoms with Gasteiger partial charge in [0.1, 0.15) is 0 Å². The highest BCUT2D eigenvalue weighted by atomic mass is 35.5. The summed E-state index contributed by atoms with van der Waals surface area (Å²) >= 11 is 12.5. The average Bonchev–Trinajstić information content (AvgIpc) is 3.02. The van der Waals surface area contributed by atoms with E-state index in [1.807, 2.05) is 30.7 Å². The molecule has 29 heavy (non-hydrogen) atoms. The van der Waals surface area contributed by atoms with Crippen LogP contribution in [0.2, 0.25) is 10.0 Å². The fourth-order valence-electron chi connectivity index (χ4n) is 3.45. The number of aromatic nitrogens is 3. The molecule has 4 rings (SSSR count). The summed E-state index contributed by atoms with van der Waals surface area (Å²) in [6.07, 6.45) is 3.29. The van der Waals surface area contributed by atoms with Crippen LogP contribution in [-0.4, -0.2) is 26.2 Å². The maximum atomic E-state index is 12.9. The number of aromatic amines is 1. The molecule has 0 amide bonds. The van der Waals surface area contributed by atoms with Crippen LogP contribution in [0.5, 0.6) is 0 Å². The highest BCUT2D eigenvalue weighted by Crippen LogP contribution is 2.34. The summed E-state index contributed by atoms with van der Waals surface area (Å²) in [5.41, 5.74) is 3.29. The van der Waals surface area contributed by atoms with Gasteiger partial charge >= 0.3 is 0 Å². The van der Waals surface area contributed by atoms with Crippen molar-refractivity contribution in [2.24, 2.45) is 7.05 Å². The lowest BCUT2D eigenvalue weighted by molar-refractivity contribution is 0.343. The lowest BCUT2D eigenvalue weighted by Gasteiger charge is -2.11. The summed E-state index contributed by atoms with van der Waals surface area (Å²) in [5.74, 6) is 0.517. The van der Waals surface area contributed by atoms with E-state index in [0.29, 0.717) is 43.8 Å². The standard InChI is InChI=1S/C21H18Cl2N4O2/c1-11-12-8-9-16-19(17(12)20(29)24-15(11)7-4-10-28)27(2)21(25-16)26-18-13(22)5-3-6-14(18)23/h3-9,28H,10H2,1-2H3,(H,24,29)(H,25,26)/b7-4+. The van der Waals surface area contributed by atoms with Gasteiger partial charge in [0.05, 0.1) is 38.8 Å². The van der Waals surface area contributed by atoms with E-state index in [2.05, 4.69) is 15.3 Å². The van der Waals surface area contributed by atoms with Crippen molar-refractivity contribution in [3.8, 4) is 0 Å². The number of nitrogens with zero attached hydrogens (tertiary/aromatic N) is 2. The van der Waals surface area contributed by atoms with E-state index >= 15 is 0 Å². The van der Waals surface area contributed by atoms with E-state index in [9.17, 15) is 4.79 Å². The molecule has 0 saturated carbocycles. The molecule has 0 aliphatic heterocycles. The Bertz CT molecular complexity index is 1320. The second-order valence-corrected chi connectivity index (χ2v) is 7.46. The number of H-pyrrole nitrogens is 1. The molecule has 148 valence electrons. The number of imidazole rings is 1. The molecule has 0 spiro atoms. The number of anilines is 2. The van der Waals surface area contributed by atoms with Crippen molar-refractivity contribution in [1.29, 1.82) is 0 Å². The zero-order chi connectivity index (χ0) is 20.7. The molecule has 0 fully saturated rings. The van der Waals surface area contributed by atoms with Crippen molar-refractivity contribution >= 4 is 62.7 Å². The molecule has 0 radical (unpaired) electrons. The van der Waals surface area contributed by atoms with Gasteiger partial charge in [-0.05, 0) is 42.1 Å². The molecular weight excluding hydrogens is 411 g/mol. The number of rotatable bonds is 4. The van der Waals surface area contributed by atoms with Crippen molar-refractivity contribution in [2.45, 2.75) is 6.92 Å². The van der Waals surface area contributed by atoms with Crippen LogP contribution in [0, 0.1) is 6.92 Å². The second kappa shape index (κ2) is 7.55. The monoisotopic (exact) mass is 428 g/mol. The van der Waals surface area contributed by atoms with Gasteiger partial charge in [0.25, 0.3) is 5.56 Å². The lowest BCUT2D eigenvalue weighted by atomic mass is 10.0. The molecule has 4 aromatic rings. The van der Waals surface area contributed by atoms with E-state index in [0.717, 1.165) is 10.9 Å². The first-order valence-electron chi connectivity index (χ1n) is 8.92. The Morgan fingerprint density at radius 1 is 1.24 bits per heavy atom. The Balaban J connectivity index is 1.95. The first-order chi connectivity index (χ1) is 13.9. The lowest BCUT2D eigenvalue weighted by Crippen LogP contribution is -2.11. The van der Waals surface area contributed by atoms with E-state index < -0.39 is 0 Å². The Morgan fingerprint density at radius 2 is 1.97 bits per heavy atom. The number of hydrogen-bond donors (Lipinski definition) is 3. The number of pyridine rings is 1. The van der Waals surface area contributed by atoms with Crippen LogP contribution in [0.25, 0.3) is 27.9 Å². The number of aryl methyl sites for hydroxylation is 2. The SMILES string of the molecule is Cc1c(/C=C/CO)[nH]c(=O)c2c1ccc1nc(Nc3c(Cl)cccc3Cl)n(C)c12. The Hall–Kier alpha value is -2.80. The normalized spacial score (nSPS) is 11.8. The van der Waals surface area contributed by atoms with Gasteiger partial charge in [-0.15, -0.1) is 0 Å². The Morgan fingerprint density at radius 3 is 2.66 bits per heavy atom. The van der Waals surface area contributed by atoms with Gasteiger partial charge < -0.3 is 20.0 Å². The van der Waals surface area contributed by atoms with Crippen LogP contribution in [0.15, 0.2) is 41.2 Å². The number of hydrogen-bond acceptors (Lipinski definition) is 4. The minimum atomic E-state index is -0.223. The molecular formula is C21H18Cl2N4O2. The molecule has 3 N–H and O–H groups in total. The minimum absolute atomic E-state index is 0.0973. The topological polar surface area (TPSA) is 82.9 Å². The van der Waals surface area contributed by atoms with E-state index in [-0.39, 0.29) is 12.2 Å². The van der Waals surface area contributed by atoms with Crippen molar-refractivity contribution in [3.63, 3.8) is 0 Å². The average molecular weight is 429 g/mol. The van der Waals surface area contributed by atoms with Gasteiger partial charge in [-0.3, -0.25) is 4.79 Å². The molecule has 2 aromatic carbocycles. The maximum absolute atomic E-state index is 12.9. The summed E-state index contributed by atoms with van der Waals surface area (Å²) in [7, 11) is 1.83. The summed E-state index contributed by atoms with van der Waals surface area (Å²) in [5, 5.41) is 14.5. The van der Waals surface area contributed by atoms with Gasteiger partial charge in [0.15, 0.2) is 0 Å². The van der Waals surface area contributed by atoms with E-state index in [1.54, 1.807) is 30.4 Å². The highest BCUT2D eigenvalue weighted by molar-refractivity contribution is 6.39. The molecule has 0 unspecified atom stereocenters. The van der Waals surface area contributed by atoms with Crippen molar-refractivity contribution in [2.75, 3.05) is 11.9 Å². The zero-order valence-corrected chi connectivity index (χ0v) is 17.3. The summed E-state index contributed by atoms with van der Waals surface area (Å²) in [6, 6.07) is 9.01. The third kappa shape index (κ3) is 3.29. The number of fused-ring (bicyclic) bond motifs is 3. The van der Waals surface area contributed by atoms with Crippen LogP contribution in [0.3, 0.4) is 0 Å². The van der Waals surface area contributed by atoms with Crippen molar-refractivity contribution in [1.82, 2.24) is 14.5 Å². The van der Waals surface area contributed by atoms with Crippen LogP contribution in [0.1, 0.15) is 11.3 Å². The number of benzene rings is 2. The van der Waals surface area contributed by atoms with Gasteiger partial charge in [-0.1, -0.05) is 41.4 Å². The van der Waals surface area contributed by atoms with Crippen LogP contribution in [-0.2, 0) is 7.05 Å². The Kier molecular flexibility index (Phi) is 5.08. The molecule has 8 heteroatoms. The second-order valence-electron chi connectivity index (χ2n) is 6.65. The molecule has 2 aromatic heterocycles. The quantitative estimate of drug-likeness (QED) is 0.436. The summed E-state index contributed by atoms with van der Waals surface area (Å²) in [4.78, 5) is 20.4. The van der Waals surface area contributed by atoms with E-state index in [4.69, 9.17) is 28.3 Å². The van der Waals surface area contributed by atoms with Crippen molar-refractivity contribution in [3.05, 3.63) is 68.1 Å². The largest absolute Gasteiger partial charge is 0.392 e. The Labute approximate surface area is 176 Å². The van der Waals surface area contributed by atoms with Gasteiger partial charge in [0.2, 0.25) is 5.95 Å². The predicted molar refractivity (Wildman–Crippen MR) is 119 cm³/mol. The third-order valence-electron chi connectivity index (χ3n) is 4.91. The van der Waals surface area contributed by atoms with Gasteiger partial charge in [0, 0.05) is 12.7 Å². The van der Waals surface area contributed by atoms with Crippen LogP contribution in [0.4, 0.5) is 11.6 Å². The van der Waals surface area contributed by atoms with Crippen molar-refractivity contribution < 1.29 is 5.11 Å². The predicted octanol–water partition coefficient (Wildman–Crippen LogP) is 4.78. The summed E-state index contributed by atoms with van der Waals surface area (Å²) < 4.78 is 1.81. The minimum Gasteiger partial charge on any atom is -0.392 e. The molecule has 0 atom stereocenters. The fourth-order valence-corrected chi connectivity index (χ4v) is 3.94. The zero-order valence-electron chi connectivity index (χ0n) is 15.8. The fraction of sp³-hybridized carbons (Fsp3) is 0.143.